The number of nitrogens with zero attached hydrogens (tertiary/aromatic N) is 2. The maximum absolute atomic E-state index is 12.5. The molecule has 2 aliphatic rings. The van der Waals surface area contributed by atoms with Gasteiger partial charge in [0.15, 0.2) is 0 Å². The molecule has 3 N–H and O–H groups in total. The van der Waals surface area contributed by atoms with Crippen molar-refractivity contribution in [2.45, 2.75) is 38.3 Å². The average molecular weight is 505 g/mol. The molecule has 0 unspecified atom stereocenters. The normalized spacial score (nSPS) is 17.2. The number of ether oxygens (including phenoxy) is 1. The van der Waals surface area contributed by atoms with Crippen molar-refractivity contribution in [3.05, 3.63) is 35.9 Å². The molecule has 2 saturated heterocycles. The lowest BCUT2D eigenvalue weighted by molar-refractivity contribution is -0.138. The lowest BCUT2D eigenvalue weighted by Gasteiger charge is -2.33. The van der Waals surface area contributed by atoms with Crippen LogP contribution in [0.5, 0.6) is 0 Å². The molecule has 0 aliphatic carbocycles. The Hall–Kier alpha value is -1.58. The van der Waals surface area contributed by atoms with Gasteiger partial charge >= 0.3 is 12.0 Å². The molecular formula is C23H38Cl2N4O4. The predicted molar refractivity (Wildman–Crippen MR) is 133 cm³/mol. The number of benzene rings is 1. The number of rotatable bonds is 10. The number of likely N-dealkylation sites (tertiary alicyclic amines) is 1. The highest BCUT2D eigenvalue weighted by atomic mass is 35.5. The Morgan fingerprint density at radius 2 is 1.76 bits per heavy atom. The highest BCUT2D eigenvalue weighted by molar-refractivity contribution is 5.85. The van der Waals surface area contributed by atoms with Gasteiger partial charge in [0.2, 0.25) is 0 Å². The number of carbonyl (C=O) groups is 2. The largest absolute Gasteiger partial charge is 0.480 e. The van der Waals surface area contributed by atoms with E-state index in [1.807, 2.05) is 40.1 Å². The van der Waals surface area contributed by atoms with Gasteiger partial charge in [-0.15, -0.1) is 24.8 Å². The maximum atomic E-state index is 12.5. The fraction of sp³-hybridized carbons (Fsp3) is 0.652. The lowest BCUT2D eigenvalue weighted by Crippen LogP contribution is -2.48. The third-order valence-corrected chi connectivity index (χ3v) is 6.07. The van der Waals surface area contributed by atoms with Crippen LogP contribution >= 0.6 is 24.8 Å². The number of aliphatic carboxylic acids is 1. The molecule has 3 rings (SSSR count). The number of carbonyl (C=O) groups excluding carboxylic acids is 1. The van der Waals surface area contributed by atoms with Gasteiger partial charge in [0, 0.05) is 39.3 Å². The summed E-state index contributed by atoms with van der Waals surface area (Å²) in [6, 6.07) is 9.69. The monoisotopic (exact) mass is 504 g/mol. The van der Waals surface area contributed by atoms with Crippen molar-refractivity contribution < 1.29 is 19.4 Å². The summed E-state index contributed by atoms with van der Waals surface area (Å²) in [5, 5.41) is 15.5. The Kier molecular flexibility index (Phi) is 14.4. The summed E-state index contributed by atoms with van der Waals surface area (Å²) in [4.78, 5) is 27.3. The van der Waals surface area contributed by atoms with E-state index >= 15 is 0 Å². The molecule has 10 heteroatoms. The highest BCUT2D eigenvalue weighted by Crippen LogP contribution is 2.18. The van der Waals surface area contributed by atoms with Crippen LogP contribution in [0.25, 0.3) is 0 Å². The number of piperidine rings is 2. The van der Waals surface area contributed by atoms with Crippen molar-refractivity contribution in [1.82, 2.24) is 20.4 Å². The summed E-state index contributed by atoms with van der Waals surface area (Å²) in [6.45, 7) is 5.81. The van der Waals surface area contributed by atoms with Crippen molar-refractivity contribution in [1.29, 1.82) is 0 Å². The Bertz CT molecular complexity index is 684. The van der Waals surface area contributed by atoms with Crippen molar-refractivity contribution in [3.8, 4) is 0 Å². The van der Waals surface area contributed by atoms with Crippen LogP contribution in [0, 0.1) is 5.92 Å². The van der Waals surface area contributed by atoms with Gasteiger partial charge in [0.1, 0.15) is 0 Å². The molecule has 0 radical (unpaired) electrons. The molecule has 0 bridgehead atoms. The molecule has 0 saturated carbocycles. The molecule has 2 amide bonds. The van der Waals surface area contributed by atoms with Gasteiger partial charge < -0.3 is 25.4 Å². The second-order valence-electron chi connectivity index (χ2n) is 8.54. The van der Waals surface area contributed by atoms with Gasteiger partial charge in [-0.3, -0.25) is 9.69 Å². The first-order valence-electron chi connectivity index (χ1n) is 11.4. The van der Waals surface area contributed by atoms with Crippen LogP contribution in [0.3, 0.4) is 0 Å². The fourth-order valence-electron chi connectivity index (χ4n) is 4.23. The maximum Gasteiger partial charge on any atom is 0.317 e. The lowest BCUT2D eigenvalue weighted by atomic mass is 9.99. The standard InChI is InChI=1S/C23H36N4O4.2ClH/c28-22(29)17-26(16-19-4-2-1-3-5-19)15-12-25-23(30)27-13-8-21(9-14-27)31-18-20-6-10-24-11-7-20;;/h1-5,20-21,24H,6-18H2,(H,25,30)(H,28,29);2*1H. The van der Waals surface area contributed by atoms with Crippen LogP contribution in [0.4, 0.5) is 4.79 Å². The number of urea groups is 1. The van der Waals surface area contributed by atoms with Gasteiger partial charge in [-0.2, -0.15) is 0 Å². The molecule has 188 valence electrons. The molecular weight excluding hydrogens is 467 g/mol. The van der Waals surface area contributed by atoms with E-state index in [4.69, 9.17) is 4.74 Å². The SMILES string of the molecule is Cl.Cl.O=C(O)CN(CCNC(=O)N1CCC(OCC2CCNCC2)CC1)Cc1ccccc1. The third-order valence-electron chi connectivity index (χ3n) is 6.07. The van der Waals surface area contributed by atoms with E-state index in [1.165, 1.54) is 12.8 Å². The van der Waals surface area contributed by atoms with Crippen LogP contribution < -0.4 is 10.6 Å². The van der Waals surface area contributed by atoms with Gasteiger partial charge in [0.25, 0.3) is 0 Å². The van der Waals surface area contributed by atoms with Crippen LogP contribution in [0.15, 0.2) is 30.3 Å². The molecule has 0 spiro atoms. The van der Waals surface area contributed by atoms with Crippen molar-refractivity contribution >= 4 is 36.8 Å². The third kappa shape index (κ3) is 10.9. The second kappa shape index (κ2) is 16.1. The van der Waals surface area contributed by atoms with Gasteiger partial charge in [-0.1, -0.05) is 30.3 Å². The molecule has 1 aromatic rings. The topological polar surface area (TPSA) is 94.1 Å². The Labute approximate surface area is 209 Å². The summed E-state index contributed by atoms with van der Waals surface area (Å²) in [5.41, 5.74) is 1.06. The smallest absolute Gasteiger partial charge is 0.317 e. The zero-order valence-electron chi connectivity index (χ0n) is 19.1. The first-order valence-corrected chi connectivity index (χ1v) is 11.4. The Morgan fingerprint density at radius 1 is 1.09 bits per heavy atom. The summed E-state index contributed by atoms with van der Waals surface area (Å²) >= 11 is 0. The van der Waals surface area contributed by atoms with E-state index in [2.05, 4.69) is 10.6 Å². The van der Waals surface area contributed by atoms with Gasteiger partial charge in [-0.05, 0) is 50.3 Å². The second-order valence-corrected chi connectivity index (χ2v) is 8.54. The number of amides is 2. The summed E-state index contributed by atoms with van der Waals surface area (Å²) in [5.74, 6) is -0.207. The number of nitrogens with one attached hydrogen (secondary N) is 2. The van der Waals surface area contributed by atoms with E-state index in [0.29, 0.717) is 38.6 Å². The molecule has 2 heterocycles. The molecule has 2 fully saturated rings. The fourth-order valence-corrected chi connectivity index (χ4v) is 4.23. The van der Waals surface area contributed by atoms with Crippen LogP contribution in [-0.4, -0.2) is 85.4 Å². The minimum atomic E-state index is -0.867. The Balaban J connectivity index is 0.00000272. The highest BCUT2D eigenvalue weighted by Gasteiger charge is 2.24. The number of carboxylic acids is 1. The molecule has 33 heavy (non-hydrogen) atoms. The zero-order valence-corrected chi connectivity index (χ0v) is 20.7. The molecule has 0 aromatic heterocycles. The number of carboxylic acid groups (broad SMARTS) is 1. The van der Waals surface area contributed by atoms with Gasteiger partial charge in [-0.25, -0.2) is 4.79 Å². The van der Waals surface area contributed by atoms with E-state index in [1.54, 1.807) is 0 Å². The first-order chi connectivity index (χ1) is 15.1. The summed E-state index contributed by atoms with van der Waals surface area (Å²) in [7, 11) is 0. The predicted octanol–water partition coefficient (Wildman–Crippen LogP) is 2.61. The van der Waals surface area contributed by atoms with Crippen LogP contribution in [0.2, 0.25) is 0 Å². The van der Waals surface area contributed by atoms with Crippen LogP contribution in [-0.2, 0) is 16.1 Å². The van der Waals surface area contributed by atoms with Crippen molar-refractivity contribution in [2.24, 2.45) is 5.92 Å². The molecule has 1 aromatic carbocycles. The molecule has 8 nitrogen and oxygen atoms in total. The van der Waals surface area contributed by atoms with Gasteiger partial charge in [0.05, 0.1) is 12.6 Å². The Morgan fingerprint density at radius 3 is 2.39 bits per heavy atom. The summed E-state index contributed by atoms with van der Waals surface area (Å²) in [6.07, 6.45) is 4.36. The zero-order chi connectivity index (χ0) is 21.9. The minimum Gasteiger partial charge on any atom is -0.480 e. The van der Waals surface area contributed by atoms with Crippen LogP contribution in [0.1, 0.15) is 31.2 Å². The summed E-state index contributed by atoms with van der Waals surface area (Å²) < 4.78 is 6.11. The quantitative estimate of drug-likeness (QED) is 0.453. The number of halogens is 2. The van der Waals surface area contributed by atoms with Crippen molar-refractivity contribution in [3.63, 3.8) is 0 Å². The first kappa shape index (κ1) is 29.5. The van der Waals surface area contributed by atoms with E-state index in [-0.39, 0.29) is 43.5 Å². The van der Waals surface area contributed by atoms with Crippen molar-refractivity contribution in [2.75, 3.05) is 52.4 Å². The van der Waals surface area contributed by atoms with E-state index in [0.717, 1.165) is 38.1 Å². The number of hydrogen-bond donors (Lipinski definition) is 3. The average Bonchev–Trinajstić information content (AvgIpc) is 2.79. The minimum absolute atomic E-state index is 0. The van der Waals surface area contributed by atoms with E-state index < -0.39 is 5.97 Å². The van der Waals surface area contributed by atoms with E-state index in [9.17, 15) is 14.7 Å². The molecule has 2 aliphatic heterocycles. The number of hydrogen-bond acceptors (Lipinski definition) is 5. The molecule has 0 atom stereocenters.